The standard InChI is InChI=1S/C49H94O10/c1-3-5-7-9-11-13-15-17-19-21-23-25-27-29-31-33-35-37-44(51)56-40-42(41-57-49-48(55)47(54)46(53)43(39-50)59-49)58-45(52)38-36-34-32-30-28-26-24-22-20-18-16-14-12-10-8-6-4-2/h42-43,46-50,53-55H,3-41H2,1-2H3. The summed E-state index contributed by atoms with van der Waals surface area (Å²) in [5.74, 6) is -0.786. The van der Waals surface area contributed by atoms with E-state index in [1.807, 2.05) is 0 Å². The molecule has 0 spiro atoms. The number of carbonyl (C=O) groups is 2. The van der Waals surface area contributed by atoms with E-state index in [9.17, 15) is 30.0 Å². The molecule has 59 heavy (non-hydrogen) atoms. The Morgan fingerprint density at radius 2 is 0.797 bits per heavy atom. The molecule has 350 valence electrons. The Morgan fingerprint density at radius 1 is 0.458 bits per heavy atom. The van der Waals surface area contributed by atoms with Gasteiger partial charge in [0.1, 0.15) is 31.0 Å². The summed E-state index contributed by atoms with van der Waals surface area (Å²) < 4.78 is 22.2. The predicted molar refractivity (Wildman–Crippen MR) is 238 cm³/mol. The fraction of sp³-hybridized carbons (Fsp3) is 0.959. The Labute approximate surface area is 361 Å². The molecule has 1 rings (SSSR count). The van der Waals surface area contributed by atoms with E-state index in [-0.39, 0.29) is 32.0 Å². The van der Waals surface area contributed by atoms with Gasteiger partial charge in [-0.05, 0) is 12.8 Å². The number of carbonyl (C=O) groups excluding carboxylic acids is 2. The molecule has 0 bridgehead atoms. The highest BCUT2D eigenvalue weighted by Gasteiger charge is 2.44. The zero-order valence-electron chi connectivity index (χ0n) is 38.3. The van der Waals surface area contributed by atoms with Crippen LogP contribution >= 0.6 is 0 Å². The number of esters is 2. The van der Waals surface area contributed by atoms with Crippen LogP contribution in [0.5, 0.6) is 0 Å². The molecule has 0 amide bonds. The van der Waals surface area contributed by atoms with Crippen molar-refractivity contribution in [3.8, 4) is 0 Å². The van der Waals surface area contributed by atoms with E-state index in [1.165, 1.54) is 173 Å². The van der Waals surface area contributed by atoms with Gasteiger partial charge in [-0.3, -0.25) is 9.59 Å². The molecule has 1 aliphatic rings. The van der Waals surface area contributed by atoms with Crippen molar-refractivity contribution in [3.63, 3.8) is 0 Å². The van der Waals surface area contributed by atoms with Gasteiger partial charge in [0, 0.05) is 12.8 Å². The average Bonchev–Trinajstić information content (AvgIpc) is 3.23. The summed E-state index contributed by atoms with van der Waals surface area (Å²) in [7, 11) is 0. The van der Waals surface area contributed by atoms with Crippen LogP contribution in [0.25, 0.3) is 0 Å². The van der Waals surface area contributed by atoms with Crippen LogP contribution < -0.4 is 0 Å². The van der Waals surface area contributed by atoms with Gasteiger partial charge in [-0.2, -0.15) is 0 Å². The van der Waals surface area contributed by atoms with Crippen molar-refractivity contribution in [2.24, 2.45) is 0 Å². The first-order valence-electron chi connectivity index (χ1n) is 25.1. The highest BCUT2D eigenvalue weighted by molar-refractivity contribution is 5.70. The molecule has 1 heterocycles. The van der Waals surface area contributed by atoms with Gasteiger partial charge < -0.3 is 39.4 Å². The van der Waals surface area contributed by atoms with Crippen molar-refractivity contribution in [1.29, 1.82) is 0 Å². The molecule has 6 atom stereocenters. The zero-order chi connectivity index (χ0) is 43.0. The number of aliphatic hydroxyl groups excluding tert-OH is 4. The van der Waals surface area contributed by atoms with Crippen molar-refractivity contribution in [2.75, 3.05) is 19.8 Å². The summed E-state index contributed by atoms with van der Waals surface area (Å²) >= 11 is 0. The molecule has 1 fully saturated rings. The van der Waals surface area contributed by atoms with E-state index in [0.717, 1.165) is 38.5 Å². The van der Waals surface area contributed by atoms with Crippen LogP contribution in [0.4, 0.5) is 0 Å². The van der Waals surface area contributed by atoms with Gasteiger partial charge in [-0.15, -0.1) is 0 Å². The summed E-state index contributed by atoms with van der Waals surface area (Å²) in [4.78, 5) is 25.4. The summed E-state index contributed by atoms with van der Waals surface area (Å²) in [6.45, 7) is 3.48. The molecule has 4 N–H and O–H groups in total. The normalized spacial score (nSPS) is 19.9. The number of ether oxygens (including phenoxy) is 4. The van der Waals surface area contributed by atoms with Gasteiger partial charge in [0.2, 0.25) is 0 Å². The summed E-state index contributed by atoms with van der Waals surface area (Å²) in [6, 6.07) is 0. The van der Waals surface area contributed by atoms with Crippen molar-refractivity contribution in [1.82, 2.24) is 0 Å². The third-order valence-electron chi connectivity index (χ3n) is 12.0. The molecular formula is C49H94O10. The SMILES string of the molecule is CCCCCCCCCCCCCCCCCCCC(=O)OCC(COC1OC(CO)C(O)C(O)C1O)OC(=O)CCCCCCCCCCCCCCCCCCC. The van der Waals surface area contributed by atoms with Gasteiger partial charge >= 0.3 is 11.9 Å². The zero-order valence-corrected chi connectivity index (χ0v) is 38.3. The van der Waals surface area contributed by atoms with Crippen LogP contribution in [0.1, 0.15) is 245 Å². The van der Waals surface area contributed by atoms with Gasteiger partial charge in [0.15, 0.2) is 12.4 Å². The quantitative estimate of drug-likeness (QED) is 0.0345. The molecule has 6 unspecified atom stereocenters. The molecule has 0 radical (unpaired) electrons. The molecule has 1 saturated heterocycles. The summed E-state index contributed by atoms with van der Waals surface area (Å²) in [5.41, 5.74) is 0. The smallest absolute Gasteiger partial charge is 0.306 e. The lowest BCUT2D eigenvalue weighted by Gasteiger charge is -2.39. The number of unbranched alkanes of at least 4 members (excludes halogenated alkanes) is 32. The van der Waals surface area contributed by atoms with E-state index in [1.54, 1.807) is 0 Å². The maximum Gasteiger partial charge on any atom is 0.306 e. The highest BCUT2D eigenvalue weighted by Crippen LogP contribution is 2.23. The molecule has 0 aromatic rings. The van der Waals surface area contributed by atoms with Crippen LogP contribution in [0, 0.1) is 0 Å². The van der Waals surface area contributed by atoms with E-state index < -0.39 is 49.4 Å². The third kappa shape index (κ3) is 32.1. The maximum atomic E-state index is 12.8. The largest absolute Gasteiger partial charge is 0.462 e. The number of hydrogen-bond acceptors (Lipinski definition) is 10. The Morgan fingerprint density at radius 3 is 1.15 bits per heavy atom. The second kappa shape index (κ2) is 40.8. The first-order valence-corrected chi connectivity index (χ1v) is 25.1. The number of rotatable bonds is 43. The molecular weight excluding hydrogens is 749 g/mol. The van der Waals surface area contributed by atoms with E-state index in [4.69, 9.17) is 18.9 Å². The van der Waals surface area contributed by atoms with E-state index >= 15 is 0 Å². The van der Waals surface area contributed by atoms with Crippen LogP contribution in [-0.2, 0) is 28.5 Å². The van der Waals surface area contributed by atoms with E-state index in [0.29, 0.717) is 6.42 Å². The number of hydrogen-bond donors (Lipinski definition) is 4. The monoisotopic (exact) mass is 843 g/mol. The molecule has 0 aromatic heterocycles. The molecule has 0 saturated carbocycles. The lowest BCUT2D eigenvalue weighted by atomic mass is 9.99. The first-order chi connectivity index (χ1) is 28.8. The van der Waals surface area contributed by atoms with Crippen molar-refractivity contribution < 1.29 is 49.0 Å². The third-order valence-corrected chi connectivity index (χ3v) is 12.0. The summed E-state index contributed by atoms with van der Waals surface area (Å²) in [5, 5.41) is 40.2. The van der Waals surface area contributed by atoms with Crippen molar-refractivity contribution >= 4 is 11.9 Å². The van der Waals surface area contributed by atoms with Gasteiger partial charge in [0.05, 0.1) is 13.2 Å². The second-order valence-corrected chi connectivity index (χ2v) is 17.6. The van der Waals surface area contributed by atoms with Crippen LogP contribution in [0.15, 0.2) is 0 Å². The summed E-state index contributed by atoms with van der Waals surface area (Å²) in [6.07, 6.45) is 35.3. The minimum absolute atomic E-state index is 0.208. The van der Waals surface area contributed by atoms with Crippen molar-refractivity contribution in [3.05, 3.63) is 0 Å². The van der Waals surface area contributed by atoms with Crippen molar-refractivity contribution in [2.45, 2.75) is 282 Å². The van der Waals surface area contributed by atoms with Crippen LogP contribution in [-0.4, -0.2) is 89.0 Å². The highest BCUT2D eigenvalue weighted by atomic mass is 16.7. The number of aliphatic hydroxyl groups is 4. The van der Waals surface area contributed by atoms with Gasteiger partial charge in [0.25, 0.3) is 0 Å². The molecule has 10 nitrogen and oxygen atoms in total. The Kier molecular flexibility index (Phi) is 38.5. The Hall–Kier alpha value is -1.30. The minimum atomic E-state index is -1.59. The predicted octanol–water partition coefficient (Wildman–Crippen LogP) is 11.3. The molecule has 0 aromatic carbocycles. The lowest BCUT2D eigenvalue weighted by molar-refractivity contribution is -0.305. The van der Waals surface area contributed by atoms with Gasteiger partial charge in [-0.1, -0.05) is 219 Å². The molecule has 10 heteroatoms. The van der Waals surface area contributed by atoms with E-state index in [2.05, 4.69) is 13.8 Å². The lowest BCUT2D eigenvalue weighted by Crippen LogP contribution is -2.59. The van der Waals surface area contributed by atoms with Crippen LogP contribution in [0.3, 0.4) is 0 Å². The average molecular weight is 843 g/mol. The van der Waals surface area contributed by atoms with Gasteiger partial charge in [-0.25, -0.2) is 0 Å². The molecule has 0 aliphatic carbocycles. The first kappa shape index (κ1) is 55.7. The minimum Gasteiger partial charge on any atom is -0.462 e. The topological polar surface area (TPSA) is 152 Å². The maximum absolute atomic E-state index is 12.8. The Balaban J connectivity index is 2.26. The fourth-order valence-corrected chi connectivity index (χ4v) is 8.01. The Bertz CT molecular complexity index is 932. The van der Waals surface area contributed by atoms with Crippen LogP contribution in [0.2, 0.25) is 0 Å². The molecule has 1 aliphatic heterocycles. The fourth-order valence-electron chi connectivity index (χ4n) is 8.01. The second-order valence-electron chi connectivity index (χ2n) is 17.6.